The standard InChI is InChI=1S/C12H24N2O/c1-9-5-11(9)6-14(2)7-12(13)10-3-4-15-8-10/h9-12H,3-8,13H2,1-2H3. The van der Waals surface area contributed by atoms with E-state index in [9.17, 15) is 0 Å². The van der Waals surface area contributed by atoms with Crippen LogP contribution in [-0.2, 0) is 4.74 Å². The topological polar surface area (TPSA) is 38.5 Å². The van der Waals surface area contributed by atoms with E-state index in [-0.39, 0.29) is 0 Å². The van der Waals surface area contributed by atoms with Gasteiger partial charge in [0.15, 0.2) is 0 Å². The average molecular weight is 212 g/mol. The third kappa shape index (κ3) is 3.16. The largest absolute Gasteiger partial charge is 0.381 e. The molecule has 2 N–H and O–H groups in total. The maximum atomic E-state index is 6.19. The molecule has 0 spiro atoms. The summed E-state index contributed by atoms with van der Waals surface area (Å²) in [5, 5.41) is 0. The summed E-state index contributed by atoms with van der Waals surface area (Å²) >= 11 is 0. The van der Waals surface area contributed by atoms with Crippen LogP contribution in [0, 0.1) is 17.8 Å². The van der Waals surface area contributed by atoms with Crippen LogP contribution in [0.15, 0.2) is 0 Å². The summed E-state index contributed by atoms with van der Waals surface area (Å²) in [6.45, 7) is 6.36. The second kappa shape index (κ2) is 4.81. The monoisotopic (exact) mass is 212 g/mol. The predicted molar refractivity (Wildman–Crippen MR) is 61.7 cm³/mol. The molecule has 1 aliphatic heterocycles. The normalized spacial score (nSPS) is 37.2. The van der Waals surface area contributed by atoms with Crippen LogP contribution in [0.3, 0.4) is 0 Å². The third-order valence-corrected chi connectivity index (χ3v) is 3.92. The molecule has 1 saturated carbocycles. The van der Waals surface area contributed by atoms with Crippen molar-refractivity contribution in [3.8, 4) is 0 Å². The summed E-state index contributed by atoms with van der Waals surface area (Å²) < 4.78 is 5.37. The van der Waals surface area contributed by atoms with Crippen LogP contribution in [0.1, 0.15) is 19.8 Å². The molecular weight excluding hydrogens is 188 g/mol. The highest BCUT2D eigenvalue weighted by atomic mass is 16.5. The fourth-order valence-corrected chi connectivity index (χ4v) is 2.53. The highest BCUT2D eigenvalue weighted by Crippen LogP contribution is 2.37. The number of hydrogen-bond donors (Lipinski definition) is 1. The highest BCUT2D eigenvalue weighted by Gasteiger charge is 2.33. The number of rotatable bonds is 5. The van der Waals surface area contributed by atoms with Gasteiger partial charge in [0.25, 0.3) is 0 Å². The van der Waals surface area contributed by atoms with Crippen molar-refractivity contribution in [3.05, 3.63) is 0 Å². The molecule has 2 fully saturated rings. The van der Waals surface area contributed by atoms with Crippen molar-refractivity contribution in [2.24, 2.45) is 23.5 Å². The molecule has 1 heterocycles. The van der Waals surface area contributed by atoms with Crippen LogP contribution in [-0.4, -0.2) is 44.3 Å². The Morgan fingerprint density at radius 1 is 1.53 bits per heavy atom. The molecule has 0 amide bonds. The molecule has 3 nitrogen and oxygen atoms in total. The van der Waals surface area contributed by atoms with Crippen molar-refractivity contribution in [2.45, 2.75) is 25.8 Å². The van der Waals surface area contributed by atoms with Gasteiger partial charge < -0.3 is 15.4 Å². The smallest absolute Gasteiger partial charge is 0.0510 e. The van der Waals surface area contributed by atoms with Crippen molar-refractivity contribution in [1.29, 1.82) is 0 Å². The number of nitrogens with zero attached hydrogens (tertiary/aromatic N) is 1. The third-order valence-electron chi connectivity index (χ3n) is 3.92. The second-order valence-electron chi connectivity index (χ2n) is 5.48. The minimum atomic E-state index is 0.298. The Bertz CT molecular complexity index is 204. The van der Waals surface area contributed by atoms with Gasteiger partial charge in [-0.25, -0.2) is 0 Å². The van der Waals surface area contributed by atoms with E-state index in [1.54, 1.807) is 0 Å². The summed E-state index contributed by atoms with van der Waals surface area (Å²) in [5.41, 5.74) is 6.19. The highest BCUT2D eigenvalue weighted by molar-refractivity contribution is 4.86. The van der Waals surface area contributed by atoms with Crippen molar-refractivity contribution in [1.82, 2.24) is 4.90 Å². The number of likely N-dealkylation sites (N-methyl/N-ethyl adjacent to an activating group) is 1. The van der Waals surface area contributed by atoms with Crippen LogP contribution >= 0.6 is 0 Å². The van der Waals surface area contributed by atoms with Gasteiger partial charge in [-0.15, -0.1) is 0 Å². The zero-order chi connectivity index (χ0) is 10.8. The van der Waals surface area contributed by atoms with Gasteiger partial charge in [0, 0.05) is 31.7 Å². The van der Waals surface area contributed by atoms with Crippen molar-refractivity contribution in [3.63, 3.8) is 0 Å². The van der Waals surface area contributed by atoms with Gasteiger partial charge in [-0.2, -0.15) is 0 Å². The molecule has 2 aliphatic rings. The Labute approximate surface area is 93.0 Å². The Morgan fingerprint density at radius 2 is 2.27 bits per heavy atom. The number of nitrogens with two attached hydrogens (primary N) is 1. The van der Waals surface area contributed by atoms with Crippen LogP contribution in [0.2, 0.25) is 0 Å². The van der Waals surface area contributed by atoms with Gasteiger partial charge in [0.1, 0.15) is 0 Å². The first-order valence-electron chi connectivity index (χ1n) is 6.18. The fourth-order valence-electron chi connectivity index (χ4n) is 2.53. The fraction of sp³-hybridized carbons (Fsp3) is 1.00. The lowest BCUT2D eigenvalue weighted by Gasteiger charge is -2.24. The SMILES string of the molecule is CC1CC1CN(C)CC(N)C1CCOC1. The van der Waals surface area contributed by atoms with Crippen molar-refractivity contribution >= 4 is 0 Å². The Balaban J connectivity index is 1.66. The van der Waals surface area contributed by atoms with Crippen LogP contribution in [0.5, 0.6) is 0 Å². The van der Waals surface area contributed by atoms with E-state index >= 15 is 0 Å². The summed E-state index contributed by atoms with van der Waals surface area (Å²) in [6.07, 6.45) is 2.56. The zero-order valence-corrected chi connectivity index (χ0v) is 9.98. The van der Waals surface area contributed by atoms with E-state index < -0.39 is 0 Å². The first-order valence-corrected chi connectivity index (χ1v) is 6.18. The Hall–Kier alpha value is -0.120. The summed E-state index contributed by atoms with van der Waals surface area (Å²) in [5.74, 6) is 2.46. The van der Waals surface area contributed by atoms with E-state index in [0.29, 0.717) is 12.0 Å². The lowest BCUT2D eigenvalue weighted by atomic mass is 9.99. The molecule has 1 aliphatic carbocycles. The van der Waals surface area contributed by atoms with Gasteiger partial charge in [-0.05, 0) is 31.7 Å². The molecule has 15 heavy (non-hydrogen) atoms. The maximum Gasteiger partial charge on any atom is 0.0510 e. The van der Waals surface area contributed by atoms with Crippen LogP contribution in [0.4, 0.5) is 0 Å². The van der Waals surface area contributed by atoms with Crippen molar-refractivity contribution in [2.75, 3.05) is 33.4 Å². The molecule has 0 aromatic carbocycles. The minimum absolute atomic E-state index is 0.298. The van der Waals surface area contributed by atoms with Gasteiger partial charge in [-0.3, -0.25) is 0 Å². The molecule has 4 unspecified atom stereocenters. The molecule has 4 atom stereocenters. The predicted octanol–water partition coefficient (Wildman–Crippen LogP) is 0.938. The van der Waals surface area contributed by atoms with Crippen LogP contribution < -0.4 is 5.73 Å². The van der Waals surface area contributed by atoms with E-state index in [2.05, 4.69) is 18.9 Å². The van der Waals surface area contributed by atoms with Gasteiger partial charge >= 0.3 is 0 Å². The molecular formula is C12H24N2O. The van der Waals surface area contributed by atoms with Crippen LogP contribution in [0.25, 0.3) is 0 Å². The first kappa shape index (κ1) is 11.4. The van der Waals surface area contributed by atoms with E-state index in [4.69, 9.17) is 10.5 Å². The molecule has 1 saturated heterocycles. The zero-order valence-electron chi connectivity index (χ0n) is 9.98. The Kier molecular flexibility index (Phi) is 3.65. The number of hydrogen-bond acceptors (Lipinski definition) is 3. The average Bonchev–Trinajstić information content (AvgIpc) is 2.73. The Morgan fingerprint density at radius 3 is 2.80 bits per heavy atom. The first-order chi connectivity index (χ1) is 7.16. The lowest BCUT2D eigenvalue weighted by Crippen LogP contribution is -2.41. The molecule has 0 aromatic heterocycles. The van der Waals surface area contributed by atoms with Gasteiger partial charge in [0.05, 0.1) is 6.61 Å². The summed E-state index contributed by atoms with van der Waals surface area (Å²) in [6, 6.07) is 0.298. The van der Waals surface area contributed by atoms with E-state index in [1.807, 2.05) is 0 Å². The van der Waals surface area contributed by atoms with Gasteiger partial charge in [-0.1, -0.05) is 6.92 Å². The quantitative estimate of drug-likeness (QED) is 0.737. The summed E-state index contributed by atoms with van der Waals surface area (Å²) in [4.78, 5) is 2.40. The second-order valence-corrected chi connectivity index (χ2v) is 5.48. The molecule has 3 heteroatoms. The maximum absolute atomic E-state index is 6.19. The molecule has 88 valence electrons. The number of ether oxygens (including phenoxy) is 1. The minimum Gasteiger partial charge on any atom is -0.381 e. The molecule has 0 aromatic rings. The van der Waals surface area contributed by atoms with E-state index in [1.165, 1.54) is 13.0 Å². The van der Waals surface area contributed by atoms with E-state index in [0.717, 1.165) is 38.0 Å². The summed E-state index contributed by atoms with van der Waals surface area (Å²) in [7, 11) is 2.20. The van der Waals surface area contributed by atoms with Gasteiger partial charge in [0.2, 0.25) is 0 Å². The van der Waals surface area contributed by atoms with Crippen molar-refractivity contribution < 1.29 is 4.74 Å². The molecule has 0 radical (unpaired) electrons. The molecule has 0 bridgehead atoms. The molecule has 2 rings (SSSR count). The lowest BCUT2D eigenvalue weighted by molar-refractivity contribution is 0.173.